The Hall–Kier alpha value is -1.45. The summed E-state index contributed by atoms with van der Waals surface area (Å²) in [4.78, 5) is 1.16. The molecule has 0 heterocycles. The molecule has 2 rings (SSSR count). The second-order valence-corrected chi connectivity index (χ2v) is 4.76. The molecule has 2 N–H and O–H groups in total. The zero-order chi connectivity index (χ0) is 12.8. The third-order valence-electron chi connectivity index (χ3n) is 2.79. The van der Waals surface area contributed by atoms with Crippen LogP contribution in [-0.4, -0.2) is 6.26 Å². The minimum Gasteiger partial charge on any atom is -0.488 e. The molecule has 2 aromatic carbocycles. The lowest BCUT2D eigenvalue weighted by Crippen LogP contribution is -2.04. The molecule has 0 bridgehead atoms. The molecule has 0 amide bonds. The number of hydrogen-bond acceptors (Lipinski definition) is 3. The molecule has 3 heteroatoms. The van der Waals surface area contributed by atoms with Crippen LogP contribution in [0.25, 0.3) is 0 Å². The Kier molecular flexibility index (Phi) is 4.67. The molecule has 0 spiro atoms. The molecule has 0 aromatic heterocycles. The fourth-order valence-corrected chi connectivity index (χ4v) is 2.33. The van der Waals surface area contributed by atoms with Crippen LogP contribution in [0.5, 0.6) is 5.75 Å². The van der Waals surface area contributed by atoms with Crippen LogP contribution in [0.15, 0.2) is 53.4 Å². The van der Waals surface area contributed by atoms with Gasteiger partial charge in [0.25, 0.3) is 0 Å². The van der Waals surface area contributed by atoms with E-state index in [0.29, 0.717) is 13.2 Å². The summed E-state index contributed by atoms with van der Waals surface area (Å²) in [5.41, 5.74) is 8.00. The van der Waals surface area contributed by atoms with Crippen LogP contribution >= 0.6 is 11.8 Å². The van der Waals surface area contributed by atoms with E-state index in [2.05, 4.69) is 18.4 Å². The van der Waals surface area contributed by atoms with Gasteiger partial charge in [0.05, 0.1) is 0 Å². The fraction of sp³-hybridized carbons (Fsp3) is 0.200. The van der Waals surface area contributed by atoms with E-state index in [0.717, 1.165) is 21.8 Å². The second-order valence-electron chi connectivity index (χ2n) is 3.91. The monoisotopic (exact) mass is 259 g/mol. The highest BCUT2D eigenvalue weighted by molar-refractivity contribution is 7.98. The highest BCUT2D eigenvalue weighted by Gasteiger charge is 2.04. The van der Waals surface area contributed by atoms with Crippen molar-refractivity contribution in [2.24, 2.45) is 5.73 Å². The zero-order valence-corrected chi connectivity index (χ0v) is 11.2. The zero-order valence-electron chi connectivity index (χ0n) is 10.4. The van der Waals surface area contributed by atoms with Crippen molar-refractivity contribution in [2.75, 3.05) is 6.26 Å². The Morgan fingerprint density at radius 3 is 2.39 bits per heavy atom. The smallest absolute Gasteiger partial charge is 0.133 e. The molecule has 0 aliphatic rings. The van der Waals surface area contributed by atoms with E-state index in [1.165, 1.54) is 0 Å². The molecule has 2 aromatic rings. The summed E-state index contributed by atoms with van der Waals surface area (Å²) in [5.74, 6) is 0.928. The largest absolute Gasteiger partial charge is 0.488 e. The van der Waals surface area contributed by atoms with E-state index in [1.54, 1.807) is 11.8 Å². The third-order valence-corrected chi connectivity index (χ3v) is 3.57. The maximum absolute atomic E-state index is 5.88. The molecule has 0 unspecified atom stereocenters. The van der Waals surface area contributed by atoms with Crippen molar-refractivity contribution in [3.05, 3.63) is 59.7 Å². The molecular formula is C15H17NOS. The first kappa shape index (κ1) is 13.0. The number of benzene rings is 2. The molecule has 94 valence electrons. The maximum Gasteiger partial charge on any atom is 0.133 e. The number of hydrogen-bond donors (Lipinski definition) is 1. The third kappa shape index (κ3) is 3.06. The van der Waals surface area contributed by atoms with E-state index in [-0.39, 0.29) is 0 Å². The normalized spacial score (nSPS) is 10.3. The molecule has 0 aliphatic heterocycles. The van der Waals surface area contributed by atoms with Crippen molar-refractivity contribution >= 4 is 11.8 Å². The Morgan fingerprint density at radius 2 is 1.67 bits per heavy atom. The summed E-state index contributed by atoms with van der Waals surface area (Å²) < 4.78 is 5.88. The van der Waals surface area contributed by atoms with Crippen LogP contribution in [0.2, 0.25) is 0 Å². The maximum atomic E-state index is 5.88. The molecule has 0 atom stereocenters. The minimum absolute atomic E-state index is 0.545. The first-order valence-corrected chi connectivity index (χ1v) is 7.10. The summed E-state index contributed by atoms with van der Waals surface area (Å²) in [5, 5.41) is 0. The van der Waals surface area contributed by atoms with Gasteiger partial charge in [0, 0.05) is 11.4 Å². The van der Waals surface area contributed by atoms with E-state index in [9.17, 15) is 0 Å². The fourth-order valence-electron chi connectivity index (χ4n) is 1.79. The van der Waals surface area contributed by atoms with Gasteiger partial charge in [-0.3, -0.25) is 0 Å². The van der Waals surface area contributed by atoms with Gasteiger partial charge >= 0.3 is 0 Å². The Labute approximate surface area is 112 Å². The van der Waals surface area contributed by atoms with Gasteiger partial charge in [-0.1, -0.05) is 36.4 Å². The lowest BCUT2D eigenvalue weighted by Gasteiger charge is -2.12. The topological polar surface area (TPSA) is 35.2 Å². The summed E-state index contributed by atoms with van der Waals surface area (Å²) in [6.07, 6.45) is 2.05. The number of rotatable bonds is 5. The predicted molar refractivity (Wildman–Crippen MR) is 76.9 cm³/mol. The lowest BCUT2D eigenvalue weighted by molar-refractivity contribution is 0.298. The molecule has 18 heavy (non-hydrogen) atoms. The van der Waals surface area contributed by atoms with Gasteiger partial charge < -0.3 is 10.5 Å². The number of para-hydroxylation sites is 1. The Bertz CT molecular complexity index is 466. The predicted octanol–water partition coefficient (Wildman–Crippen LogP) is 3.45. The van der Waals surface area contributed by atoms with Crippen LogP contribution in [0.4, 0.5) is 0 Å². The Balaban J connectivity index is 2.11. The molecule has 2 nitrogen and oxygen atoms in total. The molecule has 0 fully saturated rings. The summed E-state index contributed by atoms with van der Waals surface area (Å²) in [7, 11) is 0. The average molecular weight is 259 g/mol. The van der Waals surface area contributed by atoms with Gasteiger partial charge in [0.15, 0.2) is 0 Å². The number of nitrogens with two attached hydrogens (primary N) is 1. The van der Waals surface area contributed by atoms with Gasteiger partial charge in [0.2, 0.25) is 0 Å². The lowest BCUT2D eigenvalue weighted by atomic mass is 10.1. The van der Waals surface area contributed by atoms with E-state index in [1.807, 2.05) is 36.4 Å². The van der Waals surface area contributed by atoms with Gasteiger partial charge in [0.1, 0.15) is 12.4 Å². The van der Waals surface area contributed by atoms with Crippen LogP contribution in [0.3, 0.4) is 0 Å². The molecule has 0 saturated heterocycles. The number of ether oxygens (including phenoxy) is 1. The Morgan fingerprint density at radius 1 is 1.00 bits per heavy atom. The van der Waals surface area contributed by atoms with Gasteiger partial charge in [-0.15, -0.1) is 11.8 Å². The van der Waals surface area contributed by atoms with Gasteiger partial charge in [-0.25, -0.2) is 0 Å². The van der Waals surface area contributed by atoms with E-state index < -0.39 is 0 Å². The highest BCUT2D eigenvalue weighted by Crippen LogP contribution is 2.27. The SMILES string of the molecule is CSc1ccccc1OCc1ccccc1CN. The van der Waals surface area contributed by atoms with Crippen molar-refractivity contribution in [3.8, 4) is 5.75 Å². The molecule has 0 aliphatic carbocycles. The summed E-state index contributed by atoms with van der Waals surface area (Å²) >= 11 is 1.69. The van der Waals surface area contributed by atoms with Crippen molar-refractivity contribution in [1.82, 2.24) is 0 Å². The van der Waals surface area contributed by atoms with Crippen LogP contribution < -0.4 is 10.5 Å². The van der Waals surface area contributed by atoms with Crippen molar-refractivity contribution < 1.29 is 4.74 Å². The minimum atomic E-state index is 0.545. The van der Waals surface area contributed by atoms with Crippen molar-refractivity contribution in [1.29, 1.82) is 0 Å². The van der Waals surface area contributed by atoms with Crippen LogP contribution in [0.1, 0.15) is 11.1 Å². The van der Waals surface area contributed by atoms with Crippen molar-refractivity contribution in [3.63, 3.8) is 0 Å². The summed E-state index contributed by atoms with van der Waals surface area (Å²) in [6.45, 7) is 1.11. The van der Waals surface area contributed by atoms with Gasteiger partial charge in [-0.05, 0) is 29.5 Å². The standard InChI is InChI=1S/C15H17NOS/c1-18-15-9-5-4-8-14(15)17-11-13-7-3-2-6-12(13)10-16/h2-9H,10-11,16H2,1H3. The van der Waals surface area contributed by atoms with Gasteiger partial charge in [-0.2, -0.15) is 0 Å². The first-order chi connectivity index (χ1) is 8.85. The van der Waals surface area contributed by atoms with Crippen LogP contribution in [-0.2, 0) is 13.2 Å². The molecule has 0 saturated carbocycles. The molecular weight excluding hydrogens is 242 g/mol. The summed E-state index contributed by atoms with van der Waals surface area (Å²) in [6, 6.07) is 16.2. The quantitative estimate of drug-likeness (QED) is 0.835. The number of thioether (sulfide) groups is 1. The molecule has 0 radical (unpaired) electrons. The van der Waals surface area contributed by atoms with E-state index >= 15 is 0 Å². The van der Waals surface area contributed by atoms with E-state index in [4.69, 9.17) is 10.5 Å². The second kappa shape index (κ2) is 6.47. The first-order valence-electron chi connectivity index (χ1n) is 5.88. The average Bonchev–Trinajstić information content (AvgIpc) is 2.45. The van der Waals surface area contributed by atoms with Crippen LogP contribution in [0, 0.1) is 0 Å². The van der Waals surface area contributed by atoms with Crippen molar-refractivity contribution in [2.45, 2.75) is 18.0 Å². The highest BCUT2D eigenvalue weighted by atomic mass is 32.2.